The van der Waals surface area contributed by atoms with Crippen LogP contribution in [0.1, 0.15) is 18.4 Å². The van der Waals surface area contributed by atoms with Gasteiger partial charge in [0.15, 0.2) is 0 Å². The Bertz CT molecular complexity index is 451. The molecule has 0 aliphatic carbocycles. The van der Waals surface area contributed by atoms with Crippen molar-refractivity contribution in [1.82, 2.24) is 0 Å². The maximum absolute atomic E-state index is 12.0. The molecule has 1 aliphatic rings. The van der Waals surface area contributed by atoms with E-state index in [1.165, 1.54) is 0 Å². The molecule has 0 aromatic heterocycles. The summed E-state index contributed by atoms with van der Waals surface area (Å²) < 4.78 is 5.53. The highest BCUT2D eigenvalue weighted by atomic mass is 35.5. The fourth-order valence-electron chi connectivity index (χ4n) is 2.01. The van der Waals surface area contributed by atoms with Gasteiger partial charge in [-0.2, -0.15) is 0 Å². The van der Waals surface area contributed by atoms with Gasteiger partial charge in [-0.3, -0.25) is 4.79 Å². The number of anilines is 1. The minimum absolute atomic E-state index is 0.00533. The van der Waals surface area contributed by atoms with E-state index in [0.29, 0.717) is 23.7 Å². The van der Waals surface area contributed by atoms with Crippen molar-refractivity contribution in [3.8, 4) is 0 Å². The van der Waals surface area contributed by atoms with Gasteiger partial charge in [-0.15, -0.1) is 0 Å². The molecule has 3 N–H and O–H groups in total. The molecule has 1 aliphatic heterocycles. The molecule has 0 saturated carbocycles. The highest BCUT2D eigenvalue weighted by molar-refractivity contribution is 6.33. The van der Waals surface area contributed by atoms with E-state index in [9.17, 15) is 4.79 Å². The van der Waals surface area contributed by atoms with Crippen LogP contribution in [0.4, 0.5) is 5.69 Å². The molecule has 18 heavy (non-hydrogen) atoms. The maximum atomic E-state index is 12.0. The van der Waals surface area contributed by atoms with Gasteiger partial charge < -0.3 is 15.8 Å². The summed E-state index contributed by atoms with van der Waals surface area (Å²) >= 11 is 6.06. The third-order valence-electron chi connectivity index (χ3n) is 3.05. The zero-order valence-electron chi connectivity index (χ0n) is 10.3. The smallest absolute Gasteiger partial charge is 0.253 e. The number of ether oxygens (including phenoxy) is 1. The second-order valence-electron chi connectivity index (χ2n) is 4.53. The van der Waals surface area contributed by atoms with Gasteiger partial charge in [0.25, 0.3) is 5.91 Å². The van der Waals surface area contributed by atoms with Crippen molar-refractivity contribution in [3.05, 3.63) is 28.8 Å². The molecule has 0 bridgehead atoms. The molecule has 1 fully saturated rings. The quantitative estimate of drug-likeness (QED) is 0.882. The van der Waals surface area contributed by atoms with Gasteiger partial charge >= 0.3 is 0 Å². The van der Waals surface area contributed by atoms with Crippen LogP contribution < -0.4 is 11.1 Å². The summed E-state index contributed by atoms with van der Waals surface area (Å²) in [5, 5.41) is 3.33. The second-order valence-corrected chi connectivity index (χ2v) is 4.94. The van der Waals surface area contributed by atoms with Gasteiger partial charge in [-0.25, -0.2) is 0 Å². The highest BCUT2D eigenvalue weighted by Gasteiger charge is 2.30. The summed E-state index contributed by atoms with van der Waals surface area (Å²) in [5.74, 6) is -0.156. The Hall–Kier alpha value is -1.10. The maximum Gasteiger partial charge on any atom is 0.253 e. The van der Waals surface area contributed by atoms with E-state index in [4.69, 9.17) is 22.1 Å². The summed E-state index contributed by atoms with van der Waals surface area (Å²) in [4.78, 5) is 12.0. The molecule has 1 aromatic carbocycles. The fraction of sp³-hybridized carbons (Fsp3) is 0.462. The van der Waals surface area contributed by atoms with Gasteiger partial charge in [0, 0.05) is 6.54 Å². The number of hydrogen-bond acceptors (Lipinski definition) is 3. The number of hydrogen-bond donors (Lipinski definition) is 2. The largest absolute Gasteiger partial charge is 0.364 e. The van der Waals surface area contributed by atoms with Gasteiger partial charge in [0.05, 0.1) is 16.8 Å². The van der Waals surface area contributed by atoms with Crippen LogP contribution in [0.25, 0.3) is 0 Å². The number of nitrogens with one attached hydrogen (secondary N) is 1. The Balaban J connectivity index is 1.99. The minimum Gasteiger partial charge on any atom is -0.364 e. The number of halogens is 1. The summed E-state index contributed by atoms with van der Waals surface area (Å²) in [6, 6.07) is 5.51. The Labute approximate surface area is 111 Å². The van der Waals surface area contributed by atoms with Crippen molar-refractivity contribution in [1.29, 1.82) is 0 Å². The number of nitrogens with two attached hydrogens (primary N) is 1. The van der Waals surface area contributed by atoms with Crippen molar-refractivity contribution in [2.45, 2.75) is 32.0 Å². The first-order valence-electron chi connectivity index (χ1n) is 6.02. The minimum atomic E-state index is -0.420. The molecule has 1 amide bonds. The predicted octanol–water partition coefficient (Wildman–Crippen LogP) is 2.09. The molecular weight excluding hydrogens is 252 g/mol. The van der Waals surface area contributed by atoms with E-state index in [-0.39, 0.29) is 12.0 Å². The zero-order chi connectivity index (χ0) is 13.1. The number of amides is 1. The normalized spacial score (nSPS) is 23.1. The summed E-state index contributed by atoms with van der Waals surface area (Å²) in [6.45, 7) is 2.40. The van der Waals surface area contributed by atoms with E-state index in [1.54, 1.807) is 6.07 Å². The molecule has 0 spiro atoms. The van der Waals surface area contributed by atoms with E-state index in [0.717, 1.165) is 12.0 Å². The number of carbonyl (C=O) groups is 1. The summed E-state index contributed by atoms with van der Waals surface area (Å²) in [7, 11) is 0. The van der Waals surface area contributed by atoms with E-state index in [1.807, 2.05) is 19.1 Å². The Morgan fingerprint density at radius 2 is 2.33 bits per heavy atom. The number of rotatable bonds is 3. The molecule has 4 nitrogen and oxygen atoms in total. The molecule has 5 heteroatoms. The van der Waals surface area contributed by atoms with E-state index < -0.39 is 6.10 Å². The van der Waals surface area contributed by atoms with Crippen LogP contribution in [-0.4, -0.2) is 24.7 Å². The molecular formula is C13H17ClN2O2. The van der Waals surface area contributed by atoms with Gasteiger partial charge in [0.1, 0.15) is 6.10 Å². The van der Waals surface area contributed by atoms with Gasteiger partial charge in [0.2, 0.25) is 0 Å². The summed E-state index contributed by atoms with van der Waals surface area (Å²) in [6.07, 6.45) is 1.11. The number of benzene rings is 1. The first-order chi connectivity index (χ1) is 8.60. The number of aryl methyl sites for hydroxylation is 1. The van der Waals surface area contributed by atoms with Crippen molar-refractivity contribution in [2.24, 2.45) is 5.73 Å². The number of carbonyl (C=O) groups excluding carboxylic acids is 1. The molecule has 98 valence electrons. The first-order valence-corrected chi connectivity index (χ1v) is 6.40. The third-order valence-corrected chi connectivity index (χ3v) is 3.36. The molecule has 2 rings (SSSR count). The lowest BCUT2D eigenvalue weighted by atomic mass is 10.2. The van der Waals surface area contributed by atoms with Crippen molar-refractivity contribution in [3.63, 3.8) is 0 Å². The van der Waals surface area contributed by atoms with Crippen LogP contribution in [0.2, 0.25) is 5.02 Å². The van der Waals surface area contributed by atoms with Crippen LogP contribution in [0.3, 0.4) is 0 Å². The highest BCUT2D eigenvalue weighted by Crippen LogP contribution is 2.25. The summed E-state index contributed by atoms with van der Waals surface area (Å²) in [5.41, 5.74) is 7.18. The monoisotopic (exact) mass is 268 g/mol. The van der Waals surface area contributed by atoms with Crippen LogP contribution in [-0.2, 0) is 9.53 Å². The van der Waals surface area contributed by atoms with Crippen LogP contribution >= 0.6 is 11.6 Å². The lowest BCUT2D eigenvalue weighted by Gasteiger charge is -2.13. The van der Waals surface area contributed by atoms with Crippen molar-refractivity contribution in [2.75, 3.05) is 11.9 Å². The van der Waals surface area contributed by atoms with Crippen LogP contribution in [0.5, 0.6) is 0 Å². The van der Waals surface area contributed by atoms with Gasteiger partial charge in [-0.1, -0.05) is 17.7 Å². The lowest BCUT2D eigenvalue weighted by molar-refractivity contribution is -0.126. The Kier molecular flexibility index (Phi) is 4.22. The SMILES string of the molecule is Cc1ccc(NC(=O)C2CCC(CN)O2)c(Cl)c1. The Morgan fingerprint density at radius 3 is 2.94 bits per heavy atom. The molecule has 1 aromatic rings. The third kappa shape index (κ3) is 3.02. The predicted molar refractivity (Wildman–Crippen MR) is 71.8 cm³/mol. The van der Waals surface area contributed by atoms with E-state index in [2.05, 4.69) is 5.32 Å². The molecule has 0 radical (unpaired) electrons. The lowest BCUT2D eigenvalue weighted by Crippen LogP contribution is -2.29. The van der Waals surface area contributed by atoms with Crippen LogP contribution in [0, 0.1) is 6.92 Å². The zero-order valence-corrected chi connectivity index (χ0v) is 11.0. The first kappa shape index (κ1) is 13.3. The molecule has 2 atom stereocenters. The molecule has 1 saturated heterocycles. The van der Waals surface area contributed by atoms with Crippen molar-refractivity contribution >= 4 is 23.2 Å². The van der Waals surface area contributed by atoms with Crippen molar-refractivity contribution < 1.29 is 9.53 Å². The van der Waals surface area contributed by atoms with Crippen LogP contribution in [0.15, 0.2) is 18.2 Å². The average molecular weight is 269 g/mol. The molecule has 2 unspecified atom stereocenters. The second kappa shape index (κ2) is 5.69. The standard InChI is InChI=1S/C13H17ClN2O2/c1-8-2-4-11(10(14)6-8)16-13(17)12-5-3-9(7-15)18-12/h2,4,6,9,12H,3,5,7,15H2,1H3,(H,16,17). The van der Waals surface area contributed by atoms with E-state index >= 15 is 0 Å². The topological polar surface area (TPSA) is 64.4 Å². The average Bonchev–Trinajstić information content (AvgIpc) is 2.81. The van der Waals surface area contributed by atoms with Gasteiger partial charge in [-0.05, 0) is 37.5 Å². The Morgan fingerprint density at radius 1 is 1.56 bits per heavy atom. The fourth-order valence-corrected chi connectivity index (χ4v) is 2.29. The molecule has 1 heterocycles.